The Bertz CT molecular complexity index is 2540. The van der Waals surface area contributed by atoms with Crippen LogP contribution in [0.15, 0.2) is 120 Å². The summed E-state index contributed by atoms with van der Waals surface area (Å²) in [6.45, 7) is 15.9. The van der Waals surface area contributed by atoms with Gasteiger partial charge in [-0.25, -0.2) is 0 Å². The van der Waals surface area contributed by atoms with Gasteiger partial charge in [0.25, 0.3) is 0 Å². The van der Waals surface area contributed by atoms with Gasteiger partial charge in [-0.1, -0.05) is 38.1 Å². The van der Waals surface area contributed by atoms with Gasteiger partial charge in [-0.15, -0.1) is 0 Å². The maximum absolute atomic E-state index is 14.4. The lowest BCUT2D eigenvalue weighted by molar-refractivity contribution is -0.436. The molecule has 4 aromatic carbocycles. The number of benzene rings is 4. The molecule has 0 aromatic heterocycles. The van der Waals surface area contributed by atoms with Crippen LogP contribution in [-0.4, -0.2) is 48.5 Å². The summed E-state index contributed by atoms with van der Waals surface area (Å²) in [7, 11) is 1.45. The number of Topliss-reactive ketones (excluding diaryl/α,β-unsaturated/α-hetero) is 1. The zero-order valence-electron chi connectivity index (χ0n) is 37.0. The molecule has 0 spiro atoms. The highest BCUT2D eigenvalue weighted by molar-refractivity contribution is 6.24. The predicted molar refractivity (Wildman–Crippen MR) is 233 cm³/mol. The van der Waals surface area contributed by atoms with Crippen molar-refractivity contribution in [3.8, 4) is 11.5 Å². The van der Waals surface area contributed by atoms with E-state index in [1.165, 1.54) is 31.4 Å². The van der Waals surface area contributed by atoms with Gasteiger partial charge in [0.15, 0.2) is 12.3 Å². The fourth-order valence-corrected chi connectivity index (χ4v) is 8.79. The van der Waals surface area contributed by atoms with Crippen molar-refractivity contribution in [1.82, 2.24) is 0 Å². The van der Waals surface area contributed by atoms with Gasteiger partial charge in [-0.05, 0) is 125 Å². The van der Waals surface area contributed by atoms with Crippen LogP contribution >= 0.6 is 0 Å². The van der Waals surface area contributed by atoms with Crippen molar-refractivity contribution >= 4 is 22.9 Å². The molecule has 2 heterocycles. The van der Waals surface area contributed by atoms with Crippen LogP contribution in [0.1, 0.15) is 88.8 Å². The fraction of sp³-hybridized carbons (Fsp3) is 0.373. The second-order valence-corrected chi connectivity index (χ2v) is 17.9. The topological polar surface area (TPSA) is 51.0 Å². The van der Waals surface area contributed by atoms with Crippen LogP contribution in [-0.2, 0) is 45.6 Å². The van der Waals surface area contributed by atoms with Crippen LogP contribution in [0.5, 0.6) is 11.5 Å². The van der Waals surface area contributed by atoms with Gasteiger partial charge >= 0.3 is 12.4 Å². The van der Waals surface area contributed by atoms with Gasteiger partial charge in [0.05, 0.1) is 47.0 Å². The van der Waals surface area contributed by atoms with Gasteiger partial charge in [0, 0.05) is 47.5 Å². The summed E-state index contributed by atoms with van der Waals surface area (Å²) in [6.07, 6.45) is -4.59. The molecule has 0 bridgehead atoms. The molecular weight excluding hydrogens is 819 g/mol. The Morgan fingerprint density at radius 1 is 0.683 bits per heavy atom. The number of fused-ring (bicyclic) bond motifs is 2. The van der Waals surface area contributed by atoms with Gasteiger partial charge in [0.2, 0.25) is 11.5 Å². The van der Waals surface area contributed by atoms with E-state index in [9.17, 15) is 31.1 Å². The summed E-state index contributed by atoms with van der Waals surface area (Å²) in [6, 6.07) is 22.9. The molecule has 0 radical (unpaired) electrons. The van der Waals surface area contributed by atoms with E-state index in [-0.39, 0.29) is 34.9 Å². The molecule has 0 N–H and O–H groups in total. The van der Waals surface area contributed by atoms with E-state index in [1.807, 2.05) is 113 Å². The van der Waals surface area contributed by atoms with Crippen molar-refractivity contribution in [2.75, 3.05) is 25.1 Å². The largest absolute Gasteiger partial charge is 0.495 e. The Morgan fingerprint density at radius 2 is 1.21 bits per heavy atom. The Hall–Kier alpha value is -5.78. The minimum atomic E-state index is -4.56. The first-order chi connectivity index (χ1) is 29.5. The summed E-state index contributed by atoms with van der Waals surface area (Å²) in [5.74, 6) is 1.39. The fourth-order valence-electron chi connectivity index (χ4n) is 8.79. The number of hydrogen-bond donors (Lipinski definition) is 0. The van der Waals surface area contributed by atoms with E-state index in [1.54, 1.807) is 12.2 Å². The van der Waals surface area contributed by atoms with Crippen molar-refractivity contribution in [2.24, 2.45) is 0 Å². The summed E-state index contributed by atoms with van der Waals surface area (Å²) in [4.78, 5) is 16.4. The number of hydrogen-bond acceptors (Lipinski definition) is 5. The smallest absolute Gasteiger partial charge is 0.416 e. The standard InChI is InChI=1S/C51H53F6N2O4/c1-30(2)62-36-16-10-32(11-17-36)22-24-58-42-20-14-34(50(52,53)54)26-40(42)48(5,6)44(58)28-38-46(60)39(47(38)61-9)29-45-49(7,8)41-27-35(51(55,56)57)15-21-43(41)59(45)25-23-33-12-18-37(19-13-33)63-31(3)4/h10-21,26-31H,22-25H2,1-9H3/q+1. The van der Waals surface area contributed by atoms with Crippen molar-refractivity contribution < 1.29 is 49.9 Å². The average molecular weight is 872 g/mol. The lowest BCUT2D eigenvalue weighted by Gasteiger charge is -2.30. The molecule has 0 amide bonds. The number of methoxy groups -OCH3 is 1. The number of nitrogens with zero attached hydrogens (tertiary/aromatic N) is 2. The number of ether oxygens (including phenoxy) is 3. The molecule has 4 aromatic rings. The van der Waals surface area contributed by atoms with Crippen LogP contribution < -0.4 is 14.4 Å². The molecule has 63 heavy (non-hydrogen) atoms. The number of carbonyl (C=O) groups is 1. The van der Waals surface area contributed by atoms with E-state index in [2.05, 4.69) is 0 Å². The lowest BCUT2D eigenvalue weighted by Crippen LogP contribution is -2.33. The molecule has 0 saturated carbocycles. The Morgan fingerprint density at radius 3 is 1.73 bits per heavy atom. The molecule has 0 unspecified atom stereocenters. The Balaban J connectivity index is 1.28. The summed E-state index contributed by atoms with van der Waals surface area (Å²) in [5, 5.41) is 0. The molecule has 2 aliphatic heterocycles. The van der Waals surface area contributed by atoms with Crippen LogP contribution in [0.2, 0.25) is 0 Å². The predicted octanol–water partition coefficient (Wildman–Crippen LogP) is 12.3. The SMILES string of the molecule is COC1=C(/C=C2\N(CCc3ccc(OC(C)C)cc3)c3ccc(C(F)(F)F)cc3C2(C)C)C(=O)/C1=C/C1=[N+](CCc2ccc(OC(C)C)cc2)c2ccc(C(F)(F)F)cc2C1(C)C. The highest BCUT2D eigenvalue weighted by atomic mass is 19.4. The number of alkyl halides is 6. The molecule has 6 nitrogen and oxygen atoms in total. The molecule has 3 aliphatic rings. The summed E-state index contributed by atoms with van der Waals surface area (Å²) in [5.41, 5.74) is 2.47. The third kappa shape index (κ3) is 8.91. The maximum atomic E-state index is 14.4. The van der Waals surface area contributed by atoms with E-state index in [0.29, 0.717) is 59.8 Å². The molecule has 0 atom stereocenters. The Kier molecular flexibility index (Phi) is 12.0. The second kappa shape index (κ2) is 16.7. The minimum absolute atomic E-state index is 0.00780. The normalized spacial score (nSPS) is 18.2. The second-order valence-electron chi connectivity index (χ2n) is 17.9. The van der Waals surface area contributed by atoms with Crippen LogP contribution in [0.3, 0.4) is 0 Å². The number of carbonyl (C=O) groups excluding carboxylic acids is 1. The van der Waals surface area contributed by atoms with Gasteiger partial charge in [-0.2, -0.15) is 30.9 Å². The number of rotatable bonds is 13. The zero-order chi connectivity index (χ0) is 45.8. The maximum Gasteiger partial charge on any atom is 0.416 e. The van der Waals surface area contributed by atoms with E-state index < -0.39 is 34.3 Å². The van der Waals surface area contributed by atoms with Crippen molar-refractivity contribution in [3.05, 3.63) is 153 Å². The number of anilines is 1. The van der Waals surface area contributed by atoms with E-state index in [0.717, 1.165) is 34.8 Å². The summed E-state index contributed by atoms with van der Waals surface area (Å²) >= 11 is 0. The van der Waals surface area contributed by atoms with Crippen LogP contribution in [0.25, 0.3) is 0 Å². The third-order valence-corrected chi connectivity index (χ3v) is 12.0. The molecule has 332 valence electrons. The van der Waals surface area contributed by atoms with Crippen molar-refractivity contribution in [2.45, 2.75) is 104 Å². The number of allylic oxidation sites excluding steroid dienone is 5. The number of halogens is 6. The molecular formula is C51H53F6N2O4+. The molecule has 0 saturated heterocycles. The van der Waals surface area contributed by atoms with Crippen molar-refractivity contribution in [1.29, 1.82) is 0 Å². The highest BCUT2D eigenvalue weighted by Crippen LogP contribution is 2.51. The first-order valence-corrected chi connectivity index (χ1v) is 21.1. The first-order valence-electron chi connectivity index (χ1n) is 21.1. The van der Waals surface area contributed by atoms with Crippen LogP contribution in [0.4, 0.5) is 37.7 Å². The zero-order valence-corrected chi connectivity index (χ0v) is 37.0. The summed E-state index contributed by atoms with van der Waals surface area (Å²) < 4.78 is 104. The molecule has 12 heteroatoms. The monoisotopic (exact) mass is 871 g/mol. The molecule has 0 fully saturated rings. The van der Waals surface area contributed by atoms with Crippen LogP contribution in [0, 0.1) is 0 Å². The lowest BCUT2D eigenvalue weighted by atomic mass is 9.77. The minimum Gasteiger partial charge on any atom is -0.495 e. The third-order valence-electron chi connectivity index (χ3n) is 12.0. The molecule has 7 rings (SSSR count). The highest BCUT2D eigenvalue weighted by Gasteiger charge is 2.49. The number of ketones is 1. The van der Waals surface area contributed by atoms with E-state index in [4.69, 9.17) is 14.2 Å². The Labute approximate surface area is 365 Å². The van der Waals surface area contributed by atoms with Gasteiger partial charge < -0.3 is 19.1 Å². The van der Waals surface area contributed by atoms with Gasteiger partial charge in [0.1, 0.15) is 17.3 Å². The molecule has 1 aliphatic carbocycles. The van der Waals surface area contributed by atoms with Gasteiger partial charge in [-0.3, -0.25) is 4.79 Å². The quantitative estimate of drug-likeness (QED) is 0.0761. The van der Waals surface area contributed by atoms with E-state index >= 15 is 0 Å². The van der Waals surface area contributed by atoms with Crippen molar-refractivity contribution in [3.63, 3.8) is 0 Å². The first kappa shape index (κ1) is 45.3. The average Bonchev–Trinajstić information content (AvgIpc) is 3.55.